The fourth-order valence-electron chi connectivity index (χ4n) is 2.94. The maximum Gasteiger partial charge on any atom is 0.293 e. The first kappa shape index (κ1) is 21.4. The number of nitro groups is 1. The Kier molecular flexibility index (Phi) is 6.73. The molecule has 0 aliphatic carbocycles. The Morgan fingerprint density at radius 3 is 2.53 bits per heavy atom. The van der Waals surface area contributed by atoms with E-state index in [4.69, 9.17) is 9.47 Å². The van der Waals surface area contributed by atoms with Crippen molar-refractivity contribution in [1.82, 2.24) is 4.90 Å². The summed E-state index contributed by atoms with van der Waals surface area (Å²) in [6.07, 6.45) is 1.59. The van der Waals surface area contributed by atoms with E-state index in [0.29, 0.717) is 35.8 Å². The number of benzene rings is 2. The summed E-state index contributed by atoms with van der Waals surface area (Å²) < 4.78 is 11.1. The van der Waals surface area contributed by atoms with Crippen LogP contribution >= 0.6 is 11.8 Å². The molecule has 0 spiro atoms. The van der Waals surface area contributed by atoms with E-state index >= 15 is 0 Å². The van der Waals surface area contributed by atoms with Gasteiger partial charge in [0.1, 0.15) is 11.5 Å². The smallest absolute Gasteiger partial charge is 0.293 e. The molecule has 0 unspecified atom stereocenters. The van der Waals surface area contributed by atoms with Crippen molar-refractivity contribution in [1.29, 1.82) is 0 Å². The third-order valence-corrected chi connectivity index (χ3v) is 5.18. The van der Waals surface area contributed by atoms with Gasteiger partial charge in [-0.2, -0.15) is 0 Å². The van der Waals surface area contributed by atoms with Crippen molar-refractivity contribution in [2.75, 3.05) is 13.2 Å². The van der Waals surface area contributed by atoms with E-state index < -0.39 is 16.1 Å². The molecule has 1 aliphatic heterocycles. The minimum Gasteiger partial charge on any atom is -0.494 e. The minimum atomic E-state index is -0.529. The number of nitrogens with zero attached hydrogens (tertiary/aromatic N) is 2. The van der Waals surface area contributed by atoms with Gasteiger partial charge in [0, 0.05) is 23.3 Å². The van der Waals surface area contributed by atoms with Gasteiger partial charge in [0.15, 0.2) is 0 Å². The molecule has 3 rings (SSSR count). The van der Waals surface area contributed by atoms with Crippen LogP contribution in [0.2, 0.25) is 0 Å². The van der Waals surface area contributed by atoms with Crippen LogP contribution in [0.3, 0.4) is 0 Å². The molecular weight excluding hydrogens is 408 g/mol. The Labute approximate surface area is 177 Å². The maximum atomic E-state index is 12.8. The number of hydrogen-bond donors (Lipinski definition) is 0. The van der Waals surface area contributed by atoms with Gasteiger partial charge in [0.05, 0.1) is 29.6 Å². The molecule has 0 aromatic heterocycles. The van der Waals surface area contributed by atoms with E-state index in [1.165, 1.54) is 18.2 Å². The van der Waals surface area contributed by atoms with Crippen LogP contribution in [0, 0.1) is 10.1 Å². The molecular formula is C21H20N2O6S. The second kappa shape index (κ2) is 9.45. The summed E-state index contributed by atoms with van der Waals surface area (Å²) in [6, 6.07) is 11.3. The summed E-state index contributed by atoms with van der Waals surface area (Å²) in [5, 5.41) is 10.7. The zero-order valence-corrected chi connectivity index (χ0v) is 17.3. The quantitative estimate of drug-likeness (QED) is 0.343. The van der Waals surface area contributed by atoms with Crippen LogP contribution in [0.4, 0.5) is 10.5 Å². The Bertz CT molecular complexity index is 1020. The summed E-state index contributed by atoms with van der Waals surface area (Å²) in [5.74, 6) is 0.677. The normalized spacial score (nSPS) is 15.0. The van der Waals surface area contributed by atoms with Crippen molar-refractivity contribution in [3.05, 3.63) is 68.6 Å². The van der Waals surface area contributed by atoms with Crippen molar-refractivity contribution >= 4 is 34.7 Å². The van der Waals surface area contributed by atoms with E-state index in [1.54, 1.807) is 30.3 Å². The molecule has 0 atom stereocenters. The molecule has 1 fully saturated rings. The van der Waals surface area contributed by atoms with Gasteiger partial charge in [-0.25, -0.2) is 0 Å². The maximum absolute atomic E-state index is 12.8. The van der Waals surface area contributed by atoms with Crippen LogP contribution in [-0.2, 0) is 11.3 Å². The highest BCUT2D eigenvalue weighted by Crippen LogP contribution is 2.36. The van der Waals surface area contributed by atoms with Crippen molar-refractivity contribution in [2.45, 2.75) is 20.4 Å². The summed E-state index contributed by atoms with van der Waals surface area (Å²) >= 11 is 0.793. The number of amides is 2. The number of hydrogen-bond acceptors (Lipinski definition) is 7. The molecule has 8 nitrogen and oxygen atoms in total. The summed E-state index contributed by atoms with van der Waals surface area (Å²) in [5.41, 5.74) is 0.796. The molecule has 156 valence electrons. The number of para-hydroxylation sites is 1. The molecule has 1 aliphatic rings. The number of thioether (sulfide) groups is 1. The highest BCUT2D eigenvalue weighted by Gasteiger charge is 2.36. The minimum absolute atomic E-state index is 0.134. The number of nitro benzene ring substituents is 1. The SMILES string of the molecule is CCOc1ccc(/C=C2\SC(=O)N(Cc3ccccc3[N+](=O)[O-])C2=O)c(OCC)c1. The second-order valence-corrected chi connectivity index (χ2v) is 7.21. The molecule has 2 aromatic carbocycles. The first-order chi connectivity index (χ1) is 14.4. The monoisotopic (exact) mass is 428 g/mol. The molecule has 0 saturated carbocycles. The van der Waals surface area contributed by atoms with Crippen LogP contribution in [0.1, 0.15) is 25.0 Å². The largest absolute Gasteiger partial charge is 0.494 e. The van der Waals surface area contributed by atoms with Gasteiger partial charge in [-0.1, -0.05) is 18.2 Å². The van der Waals surface area contributed by atoms with Gasteiger partial charge in [0.2, 0.25) is 0 Å². The third-order valence-electron chi connectivity index (χ3n) is 4.27. The summed E-state index contributed by atoms with van der Waals surface area (Å²) in [6.45, 7) is 4.49. The predicted octanol–water partition coefficient (Wildman–Crippen LogP) is 4.63. The Hall–Kier alpha value is -3.33. The van der Waals surface area contributed by atoms with Gasteiger partial charge in [-0.05, 0) is 43.8 Å². The lowest BCUT2D eigenvalue weighted by Crippen LogP contribution is -2.27. The zero-order valence-electron chi connectivity index (χ0n) is 16.5. The average molecular weight is 428 g/mol. The van der Waals surface area contributed by atoms with Gasteiger partial charge < -0.3 is 9.47 Å². The fourth-order valence-corrected chi connectivity index (χ4v) is 3.77. The van der Waals surface area contributed by atoms with Crippen molar-refractivity contribution in [3.63, 3.8) is 0 Å². The lowest BCUT2D eigenvalue weighted by atomic mass is 10.1. The standard InChI is InChI=1S/C21H20N2O6S/c1-3-28-16-10-9-14(18(12-16)29-4-2)11-19-20(24)22(21(25)30-19)13-15-7-5-6-8-17(15)23(26)27/h5-12H,3-4,13H2,1-2H3/b19-11-. The third kappa shape index (κ3) is 4.62. The van der Waals surface area contributed by atoms with E-state index in [-0.39, 0.29) is 17.1 Å². The van der Waals surface area contributed by atoms with E-state index in [0.717, 1.165) is 16.7 Å². The average Bonchev–Trinajstić information content (AvgIpc) is 2.98. The molecule has 1 heterocycles. The predicted molar refractivity (Wildman–Crippen MR) is 113 cm³/mol. The first-order valence-electron chi connectivity index (χ1n) is 9.31. The first-order valence-corrected chi connectivity index (χ1v) is 10.1. The Morgan fingerprint density at radius 1 is 1.10 bits per heavy atom. The summed E-state index contributed by atoms with van der Waals surface area (Å²) in [4.78, 5) is 37.2. The molecule has 0 bridgehead atoms. The number of ether oxygens (including phenoxy) is 2. The van der Waals surface area contributed by atoms with Crippen LogP contribution < -0.4 is 9.47 Å². The topological polar surface area (TPSA) is 99.0 Å². The fraction of sp³-hybridized carbons (Fsp3) is 0.238. The molecule has 2 amide bonds. The number of imide groups is 1. The molecule has 9 heteroatoms. The molecule has 1 saturated heterocycles. The van der Waals surface area contributed by atoms with Crippen molar-refractivity contribution in [3.8, 4) is 11.5 Å². The number of rotatable bonds is 8. The van der Waals surface area contributed by atoms with Crippen LogP contribution in [-0.4, -0.2) is 34.2 Å². The van der Waals surface area contributed by atoms with Gasteiger partial charge in [0.25, 0.3) is 16.8 Å². The molecule has 2 aromatic rings. The number of carbonyl (C=O) groups excluding carboxylic acids is 2. The van der Waals surface area contributed by atoms with Gasteiger partial charge in [-0.15, -0.1) is 0 Å². The van der Waals surface area contributed by atoms with Gasteiger partial charge >= 0.3 is 0 Å². The van der Waals surface area contributed by atoms with E-state index in [1.807, 2.05) is 13.8 Å². The Morgan fingerprint density at radius 2 is 1.83 bits per heavy atom. The molecule has 0 radical (unpaired) electrons. The van der Waals surface area contributed by atoms with Crippen LogP contribution in [0.5, 0.6) is 11.5 Å². The molecule has 30 heavy (non-hydrogen) atoms. The van der Waals surface area contributed by atoms with Crippen LogP contribution in [0.15, 0.2) is 47.4 Å². The second-order valence-electron chi connectivity index (χ2n) is 6.22. The zero-order chi connectivity index (χ0) is 21.7. The highest BCUT2D eigenvalue weighted by atomic mass is 32.2. The lowest BCUT2D eigenvalue weighted by Gasteiger charge is -2.13. The van der Waals surface area contributed by atoms with E-state index in [2.05, 4.69) is 0 Å². The Balaban J connectivity index is 1.88. The van der Waals surface area contributed by atoms with E-state index in [9.17, 15) is 19.7 Å². The highest BCUT2D eigenvalue weighted by molar-refractivity contribution is 8.18. The molecule has 0 N–H and O–H groups in total. The lowest BCUT2D eigenvalue weighted by molar-refractivity contribution is -0.385. The van der Waals surface area contributed by atoms with Crippen LogP contribution in [0.25, 0.3) is 6.08 Å². The van der Waals surface area contributed by atoms with Crippen molar-refractivity contribution < 1.29 is 24.0 Å². The number of carbonyl (C=O) groups is 2. The van der Waals surface area contributed by atoms with Crippen molar-refractivity contribution in [2.24, 2.45) is 0 Å². The summed E-state index contributed by atoms with van der Waals surface area (Å²) in [7, 11) is 0. The van der Waals surface area contributed by atoms with Gasteiger partial charge in [-0.3, -0.25) is 24.6 Å².